The number of aromatic nitrogens is 2. The molecular formula is C32H42FN5O4S. The summed E-state index contributed by atoms with van der Waals surface area (Å²) >= 11 is 0. The molecule has 1 aliphatic carbocycles. The van der Waals surface area contributed by atoms with Gasteiger partial charge in [-0.1, -0.05) is 43.2 Å². The van der Waals surface area contributed by atoms with E-state index in [0.29, 0.717) is 25.8 Å². The smallest absolute Gasteiger partial charge is 0.254 e. The van der Waals surface area contributed by atoms with Crippen LogP contribution >= 0.6 is 0 Å². The average molecular weight is 612 g/mol. The van der Waals surface area contributed by atoms with E-state index in [1.807, 2.05) is 48.1 Å². The molecule has 232 valence electrons. The minimum atomic E-state index is -3.69. The van der Waals surface area contributed by atoms with Gasteiger partial charge in [-0.15, -0.1) is 0 Å². The molecule has 9 nitrogen and oxygen atoms in total. The Labute approximate surface area is 253 Å². The van der Waals surface area contributed by atoms with Crippen LogP contribution in [0.2, 0.25) is 0 Å². The second-order valence-electron chi connectivity index (χ2n) is 11.7. The fourth-order valence-corrected chi connectivity index (χ4v) is 7.74. The van der Waals surface area contributed by atoms with Crippen molar-refractivity contribution in [3.63, 3.8) is 0 Å². The van der Waals surface area contributed by atoms with Crippen molar-refractivity contribution in [2.75, 3.05) is 23.1 Å². The van der Waals surface area contributed by atoms with Crippen molar-refractivity contribution in [3.05, 3.63) is 82.9 Å². The number of carbonyl (C=O) groups excluding carboxylic acids is 1. The van der Waals surface area contributed by atoms with Gasteiger partial charge in [-0.05, 0) is 68.2 Å². The standard InChI is InChI=1S/C32H42FN5O4S/c1-2-37-22-24(20-35-37)19-34-21-30(39)28(16-23-10-4-3-5-11-23)36-32(40)27-17-26(25-12-6-7-13-25)18-29(31(27)33)38-14-8-9-15-43(38,41)42/h3-5,10-11,17-18,20,22,25,28,30,34,39H,2,6-9,12-16,19,21H2,1H3,(H,36,40)/t28-,30+/m0/s1. The molecular weight excluding hydrogens is 569 g/mol. The Bertz CT molecular complexity index is 1490. The van der Waals surface area contributed by atoms with Crippen LogP contribution in [0.25, 0.3) is 0 Å². The third kappa shape index (κ3) is 7.63. The molecule has 5 rings (SSSR count). The predicted octanol–water partition coefficient (Wildman–Crippen LogP) is 4.12. The van der Waals surface area contributed by atoms with Crippen LogP contribution in [0.5, 0.6) is 0 Å². The lowest BCUT2D eigenvalue weighted by atomic mass is 9.94. The maximum Gasteiger partial charge on any atom is 0.254 e. The Hall–Kier alpha value is -3.28. The van der Waals surface area contributed by atoms with Gasteiger partial charge in [0.1, 0.15) is 0 Å². The molecule has 11 heteroatoms. The zero-order chi connectivity index (χ0) is 30.4. The molecule has 0 unspecified atom stereocenters. The highest BCUT2D eigenvalue weighted by Crippen LogP contribution is 2.38. The van der Waals surface area contributed by atoms with Crippen molar-refractivity contribution < 1.29 is 22.7 Å². The summed E-state index contributed by atoms with van der Waals surface area (Å²) in [6.45, 7) is 3.64. The number of hydrogen-bond acceptors (Lipinski definition) is 6. The lowest BCUT2D eigenvalue weighted by Gasteiger charge is -2.30. The van der Waals surface area contributed by atoms with Gasteiger partial charge in [0.15, 0.2) is 5.82 Å². The van der Waals surface area contributed by atoms with Crippen molar-refractivity contribution in [3.8, 4) is 0 Å². The highest BCUT2D eigenvalue weighted by Gasteiger charge is 2.33. The molecule has 1 saturated carbocycles. The Morgan fingerprint density at radius 2 is 1.88 bits per heavy atom. The third-order valence-corrected chi connectivity index (χ3v) is 10.4. The molecule has 43 heavy (non-hydrogen) atoms. The monoisotopic (exact) mass is 611 g/mol. The molecule has 2 aliphatic rings. The molecule has 1 amide bonds. The number of sulfonamides is 1. The maximum absolute atomic E-state index is 16.2. The van der Waals surface area contributed by atoms with E-state index in [2.05, 4.69) is 15.7 Å². The zero-order valence-electron chi connectivity index (χ0n) is 24.7. The topological polar surface area (TPSA) is 117 Å². The highest BCUT2D eigenvalue weighted by molar-refractivity contribution is 7.92. The van der Waals surface area contributed by atoms with E-state index in [-0.39, 0.29) is 36.0 Å². The van der Waals surface area contributed by atoms with E-state index < -0.39 is 33.9 Å². The minimum Gasteiger partial charge on any atom is -0.390 e. The first-order valence-corrected chi connectivity index (χ1v) is 16.9. The van der Waals surface area contributed by atoms with Gasteiger partial charge >= 0.3 is 0 Å². The summed E-state index contributed by atoms with van der Waals surface area (Å²) in [7, 11) is -3.69. The summed E-state index contributed by atoms with van der Waals surface area (Å²) in [6.07, 6.45) is 8.13. The number of rotatable bonds is 12. The molecule has 0 radical (unpaired) electrons. The van der Waals surface area contributed by atoms with Crippen molar-refractivity contribution in [1.29, 1.82) is 0 Å². The largest absolute Gasteiger partial charge is 0.390 e. The van der Waals surface area contributed by atoms with E-state index in [4.69, 9.17) is 0 Å². The Morgan fingerprint density at radius 1 is 1.12 bits per heavy atom. The van der Waals surface area contributed by atoms with Crippen LogP contribution in [0.3, 0.4) is 0 Å². The molecule has 3 N–H and O–H groups in total. The first-order chi connectivity index (χ1) is 20.7. The quantitative estimate of drug-likeness (QED) is 0.284. The Balaban J connectivity index is 1.40. The first-order valence-electron chi connectivity index (χ1n) is 15.3. The van der Waals surface area contributed by atoms with Crippen LogP contribution in [0.15, 0.2) is 54.9 Å². The number of aliphatic hydroxyl groups is 1. The number of aliphatic hydroxyl groups excluding tert-OH is 1. The van der Waals surface area contributed by atoms with E-state index in [1.165, 1.54) is 0 Å². The Morgan fingerprint density at radius 3 is 2.58 bits per heavy atom. The normalized spacial score (nSPS) is 18.4. The molecule has 0 bridgehead atoms. The maximum atomic E-state index is 16.2. The number of aryl methyl sites for hydroxylation is 1. The molecule has 1 aliphatic heterocycles. The fourth-order valence-electron chi connectivity index (χ4n) is 6.11. The number of amides is 1. The summed E-state index contributed by atoms with van der Waals surface area (Å²) in [6, 6.07) is 12.0. The first kappa shape index (κ1) is 31.2. The van der Waals surface area contributed by atoms with Crippen molar-refractivity contribution >= 4 is 21.6 Å². The van der Waals surface area contributed by atoms with E-state index in [0.717, 1.165) is 53.2 Å². The van der Waals surface area contributed by atoms with Crippen LogP contribution in [0.1, 0.15) is 78.4 Å². The molecule has 2 atom stereocenters. The average Bonchev–Trinajstić information content (AvgIpc) is 3.70. The van der Waals surface area contributed by atoms with E-state index in [9.17, 15) is 18.3 Å². The van der Waals surface area contributed by atoms with Crippen LogP contribution < -0.4 is 14.9 Å². The lowest BCUT2D eigenvalue weighted by Crippen LogP contribution is -2.49. The van der Waals surface area contributed by atoms with Gasteiger partial charge in [-0.3, -0.25) is 13.8 Å². The highest BCUT2D eigenvalue weighted by atomic mass is 32.2. The van der Waals surface area contributed by atoms with Gasteiger partial charge in [0.2, 0.25) is 10.0 Å². The van der Waals surface area contributed by atoms with Gasteiger partial charge in [-0.2, -0.15) is 5.10 Å². The van der Waals surface area contributed by atoms with Gasteiger partial charge in [0, 0.05) is 37.9 Å². The van der Waals surface area contributed by atoms with Crippen molar-refractivity contribution in [2.24, 2.45) is 0 Å². The van der Waals surface area contributed by atoms with Gasteiger partial charge in [0.05, 0.1) is 35.3 Å². The number of benzene rings is 2. The van der Waals surface area contributed by atoms with Crippen LogP contribution in [0, 0.1) is 5.82 Å². The molecule has 2 heterocycles. The van der Waals surface area contributed by atoms with Gasteiger partial charge < -0.3 is 15.7 Å². The van der Waals surface area contributed by atoms with Crippen molar-refractivity contribution in [1.82, 2.24) is 20.4 Å². The molecule has 2 aromatic carbocycles. The second kappa shape index (κ2) is 14.0. The van der Waals surface area contributed by atoms with Gasteiger partial charge in [0.25, 0.3) is 5.91 Å². The number of nitrogens with zero attached hydrogens (tertiary/aromatic N) is 3. The zero-order valence-corrected chi connectivity index (χ0v) is 25.5. The van der Waals surface area contributed by atoms with Gasteiger partial charge in [-0.25, -0.2) is 12.8 Å². The summed E-state index contributed by atoms with van der Waals surface area (Å²) in [5, 5.41) is 21.6. The Kier molecular flexibility index (Phi) is 10.1. The molecule has 2 fully saturated rings. The summed E-state index contributed by atoms with van der Waals surface area (Å²) < 4.78 is 45.0. The van der Waals surface area contributed by atoms with E-state index >= 15 is 4.39 Å². The lowest BCUT2D eigenvalue weighted by molar-refractivity contribution is 0.0826. The number of halogens is 1. The third-order valence-electron chi connectivity index (χ3n) is 8.54. The molecule has 1 saturated heterocycles. The minimum absolute atomic E-state index is 0.0425. The van der Waals surface area contributed by atoms with E-state index in [1.54, 1.807) is 18.3 Å². The molecule has 1 aromatic heterocycles. The SMILES string of the molecule is CCn1cc(CNC[C@@H](O)[C@H](Cc2ccccc2)NC(=O)c2cc(C3CCCC3)cc(N3CCCCS3(=O)=O)c2F)cn1. The number of carbonyl (C=O) groups is 1. The molecule has 0 spiro atoms. The number of anilines is 1. The van der Waals surface area contributed by atoms with Crippen LogP contribution in [-0.2, 0) is 29.5 Å². The molecule has 3 aromatic rings. The van der Waals surface area contributed by atoms with Crippen molar-refractivity contribution in [2.45, 2.75) is 83.0 Å². The second-order valence-corrected chi connectivity index (χ2v) is 13.7. The summed E-state index contributed by atoms with van der Waals surface area (Å²) in [5.74, 6) is -1.41. The number of hydrogen-bond donors (Lipinski definition) is 3. The van der Waals surface area contributed by atoms with Crippen LogP contribution in [0.4, 0.5) is 10.1 Å². The van der Waals surface area contributed by atoms with Crippen LogP contribution in [-0.4, -0.2) is 60.2 Å². The number of nitrogens with one attached hydrogen (secondary N) is 2. The fraction of sp³-hybridized carbons (Fsp3) is 0.500. The summed E-state index contributed by atoms with van der Waals surface area (Å²) in [4.78, 5) is 13.8. The predicted molar refractivity (Wildman–Crippen MR) is 165 cm³/mol. The summed E-state index contributed by atoms with van der Waals surface area (Å²) in [5.41, 5.74) is 2.43.